The van der Waals surface area contributed by atoms with E-state index in [4.69, 9.17) is 0 Å². The highest BCUT2D eigenvalue weighted by Gasteiger charge is 2.23. The molecule has 0 radical (unpaired) electrons. The van der Waals surface area contributed by atoms with Gasteiger partial charge in [-0.1, -0.05) is 6.92 Å². The molecule has 2 rings (SSSR count). The largest absolute Gasteiger partial charge is 0.367 e. The second-order valence-electron chi connectivity index (χ2n) is 4.89. The molecule has 1 saturated carbocycles. The van der Waals surface area contributed by atoms with Crippen LogP contribution in [0.2, 0.25) is 0 Å². The molecule has 1 heterocycles. The topological polar surface area (TPSA) is 44.9 Å². The molecule has 0 atom stereocenters. The number of aromatic amines is 1. The molecule has 0 saturated heterocycles. The first kappa shape index (κ1) is 11.2. The van der Waals surface area contributed by atoms with Crippen molar-refractivity contribution in [3.8, 4) is 0 Å². The van der Waals surface area contributed by atoms with Crippen LogP contribution in [0.15, 0.2) is 18.5 Å². The minimum absolute atomic E-state index is 0.230. The van der Waals surface area contributed by atoms with Gasteiger partial charge in [-0.25, -0.2) is 0 Å². The predicted octanol–water partition coefficient (Wildman–Crippen LogP) is 2.46. The van der Waals surface area contributed by atoms with Crippen LogP contribution in [0.3, 0.4) is 0 Å². The molecule has 1 aromatic rings. The Morgan fingerprint density at radius 1 is 1.44 bits per heavy atom. The van der Waals surface area contributed by atoms with Crippen molar-refractivity contribution in [2.45, 2.75) is 39.2 Å². The number of rotatable bonds is 3. The third-order valence-corrected chi connectivity index (χ3v) is 3.52. The molecule has 1 aliphatic carbocycles. The second kappa shape index (κ2) is 5.19. The summed E-state index contributed by atoms with van der Waals surface area (Å²) in [5.41, 5.74) is 1.14. The first-order valence-electron chi connectivity index (χ1n) is 6.15. The van der Waals surface area contributed by atoms with Crippen LogP contribution in [0, 0.1) is 11.8 Å². The highest BCUT2D eigenvalue weighted by Crippen LogP contribution is 2.28. The Balaban J connectivity index is 1.75. The summed E-state index contributed by atoms with van der Waals surface area (Å²) in [6.07, 6.45) is 8.30. The molecule has 0 unspecified atom stereocenters. The summed E-state index contributed by atoms with van der Waals surface area (Å²) in [5, 5.41) is 3.01. The molecule has 3 heteroatoms. The van der Waals surface area contributed by atoms with Crippen molar-refractivity contribution in [2.24, 2.45) is 11.8 Å². The number of carbonyl (C=O) groups is 1. The number of carbonyl (C=O) groups excluding carboxylic acids is 1. The molecule has 0 bridgehead atoms. The van der Waals surface area contributed by atoms with Gasteiger partial charge in [-0.05, 0) is 43.2 Å². The van der Waals surface area contributed by atoms with Crippen LogP contribution in [0.4, 0.5) is 0 Å². The van der Waals surface area contributed by atoms with E-state index in [2.05, 4.69) is 17.2 Å². The normalized spacial score (nSPS) is 25.3. The standard InChI is InChI=1S/C13H20N2O/c1-10-2-4-12(5-3-10)13(16)15-9-11-6-7-14-8-11/h6-8,10,12,14H,2-5,9H2,1H3,(H,15,16). The van der Waals surface area contributed by atoms with Gasteiger partial charge in [0.1, 0.15) is 0 Å². The average Bonchev–Trinajstić information content (AvgIpc) is 2.80. The Labute approximate surface area is 96.6 Å². The highest BCUT2D eigenvalue weighted by atomic mass is 16.1. The lowest BCUT2D eigenvalue weighted by Crippen LogP contribution is -2.32. The minimum atomic E-state index is 0.230. The third-order valence-electron chi connectivity index (χ3n) is 3.52. The van der Waals surface area contributed by atoms with Gasteiger partial charge in [0.15, 0.2) is 0 Å². The summed E-state index contributed by atoms with van der Waals surface area (Å²) in [7, 11) is 0. The lowest BCUT2D eigenvalue weighted by Gasteiger charge is -2.25. The van der Waals surface area contributed by atoms with E-state index in [-0.39, 0.29) is 11.8 Å². The van der Waals surface area contributed by atoms with Crippen molar-refractivity contribution in [1.29, 1.82) is 0 Å². The molecule has 0 aromatic carbocycles. The Bertz CT molecular complexity index is 324. The SMILES string of the molecule is CC1CCC(C(=O)NCc2cc[nH]c2)CC1. The molecule has 88 valence electrons. The van der Waals surface area contributed by atoms with E-state index >= 15 is 0 Å². The first-order chi connectivity index (χ1) is 7.75. The second-order valence-corrected chi connectivity index (χ2v) is 4.89. The lowest BCUT2D eigenvalue weighted by molar-refractivity contribution is -0.126. The van der Waals surface area contributed by atoms with Crippen molar-refractivity contribution in [3.63, 3.8) is 0 Å². The van der Waals surface area contributed by atoms with Gasteiger partial charge >= 0.3 is 0 Å². The van der Waals surface area contributed by atoms with Gasteiger partial charge in [0.05, 0.1) is 0 Å². The summed E-state index contributed by atoms with van der Waals surface area (Å²) >= 11 is 0. The Morgan fingerprint density at radius 3 is 2.81 bits per heavy atom. The number of hydrogen-bond donors (Lipinski definition) is 2. The molecule has 2 N–H and O–H groups in total. The summed E-state index contributed by atoms with van der Waals surface area (Å²) in [4.78, 5) is 14.9. The van der Waals surface area contributed by atoms with Gasteiger partial charge in [-0.2, -0.15) is 0 Å². The summed E-state index contributed by atoms with van der Waals surface area (Å²) < 4.78 is 0. The zero-order valence-electron chi connectivity index (χ0n) is 9.83. The van der Waals surface area contributed by atoms with Crippen molar-refractivity contribution < 1.29 is 4.79 Å². The van der Waals surface area contributed by atoms with Crippen LogP contribution in [-0.4, -0.2) is 10.9 Å². The fourth-order valence-corrected chi connectivity index (χ4v) is 2.32. The zero-order valence-corrected chi connectivity index (χ0v) is 9.83. The van der Waals surface area contributed by atoms with E-state index in [9.17, 15) is 4.79 Å². The Kier molecular flexibility index (Phi) is 3.65. The zero-order chi connectivity index (χ0) is 11.4. The molecular formula is C13H20N2O. The maximum absolute atomic E-state index is 11.9. The van der Waals surface area contributed by atoms with Gasteiger partial charge in [-0.15, -0.1) is 0 Å². The maximum Gasteiger partial charge on any atom is 0.223 e. The van der Waals surface area contributed by atoms with Gasteiger partial charge in [-0.3, -0.25) is 4.79 Å². The first-order valence-corrected chi connectivity index (χ1v) is 6.15. The monoisotopic (exact) mass is 220 g/mol. The number of amides is 1. The number of hydrogen-bond acceptors (Lipinski definition) is 1. The fourth-order valence-electron chi connectivity index (χ4n) is 2.32. The van der Waals surface area contributed by atoms with Crippen LogP contribution >= 0.6 is 0 Å². The van der Waals surface area contributed by atoms with Crippen molar-refractivity contribution in [3.05, 3.63) is 24.0 Å². The number of aromatic nitrogens is 1. The predicted molar refractivity (Wildman–Crippen MR) is 63.8 cm³/mol. The van der Waals surface area contributed by atoms with E-state index in [1.807, 2.05) is 18.5 Å². The number of H-pyrrole nitrogens is 1. The lowest BCUT2D eigenvalue weighted by atomic mass is 9.82. The van der Waals surface area contributed by atoms with Crippen molar-refractivity contribution in [2.75, 3.05) is 0 Å². The third kappa shape index (κ3) is 2.87. The molecule has 1 aliphatic rings. The molecular weight excluding hydrogens is 200 g/mol. The summed E-state index contributed by atoms with van der Waals surface area (Å²) in [6.45, 7) is 2.92. The van der Waals surface area contributed by atoms with Gasteiger partial charge in [0.25, 0.3) is 0 Å². The van der Waals surface area contributed by atoms with Crippen LogP contribution < -0.4 is 5.32 Å². The van der Waals surface area contributed by atoms with Crippen LogP contribution in [0.1, 0.15) is 38.2 Å². The van der Waals surface area contributed by atoms with Crippen LogP contribution in [0.5, 0.6) is 0 Å². The van der Waals surface area contributed by atoms with Gasteiger partial charge in [0.2, 0.25) is 5.91 Å². The Morgan fingerprint density at radius 2 is 2.19 bits per heavy atom. The molecule has 1 fully saturated rings. The quantitative estimate of drug-likeness (QED) is 0.807. The fraction of sp³-hybridized carbons (Fsp3) is 0.615. The molecule has 1 amide bonds. The van der Waals surface area contributed by atoms with E-state index in [1.54, 1.807) is 0 Å². The van der Waals surface area contributed by atoms with E-state index in [0.29, 0.717) is 6.54 Å². The smallest absolute Gasteiger partial charge is 0.223 e. The molecule has 1 aromatic heterocycles. The molecule has 16 heavy (non-hydrogen) atoms. The van der Waals surface area contributed by atoms with Crippen LogP contribution in [0.25, 0.3) is 0 Å². The van der Waals surface area contributed by atoms with Crippen LogP contribution in [-0.2, 0) is 11.3 Å². The summed E-state index contributed by atoms with van der Waals surface area (Å²) in [6, 6.07) is 1.99. The maximum atomic E-state index is 11.9. The Hall–Kier alpha value is -1.25. The van der Waals surface area contributed by atoms with E-state index in [1.165, 1.54) is 12.8 Å². The average molecular weight is 220 g/mol. The minimum Gasteiger partial charge on any atom is -0.367 e. The van der Waals surface area contributed by atoms with Gasteiger partial charge < -0.3 is 10.3 Å². The number of nitrogens with one attached hydrogen (secondary N) is 2. The highest BCUT2D eigenvalue weighted by molar-refractivity contribution is 5.78. The van der Waals surface area contributed by atoms with E-state index < -0.39 is 0 Å². The van der Waals surface area contributed by atoms with Gasteiger partial charge in [0, 0.05) is 24.9 Å². The van der Waals surface area contributed by atoms with E-state index in [0.717, 1.165) is 24.3 Å². The molecule has 0 aliphatic heterocycles. The van der Waals surface area contributed by atoms with Crippen molar-refractivity contribution in [1.82, 2.24) is 10.3 Å². The van der Waals surface area contributed by atoms with Crippen molar-refractivity contribution >= 4 is 5.91 Å². The summed E-state index contributed by atoms with van der Waals surface area (Å²) in [5.74, 6) is 1.27. The molecule has 0 spiro atoms. The molecule has 3 nitrogen and oxygen atoms in total.